The predicted molar refractivity (Wildman–Crippen MR) is 65.3 cm³/mol. The Kier molecular flexibility index (Phi) is 5.23. The van der Waals surface area contributed by atoms with Crippen LogP contribution in [0.2, 0.25) is 0 Å². The van der Waals surface area contributed by atoms with E-state index in [-0.39, 0.29) is 6.04 Å². The van der Waals surface area contributed by atoms with Gasteiger partial charge in [0.15, 0.2) is 0 Å². The van der Waals surface area contributed by atoms with Crippen molar-refractivity contribution in [3.05, 3.63) is 24.2 Å². The molecule has 0 aliphatic rings. The van der Waals surface area contributed by atoms with Gasteiger partial charge in [-0.05, 0) is 32.4 Å². The normalized spacial score (nSPS) is 13.7. The maximum absolute atomic E-state index is 11.4. The molecule has 6 nitrogen and oxygen atoms in total. The number of urea groups is 1. The molecule has 1 aromatic heterocycles. The molecule has 1 heterocycles. The van der Waals surface area contributed by atoms with Crippen molar-refractivity contribution in [1.29, 1.82) is 0 Å². The second-order valence-corrected chi connectivity index (χ2v) is 4.20. The van der Waals surface area contributed by atoms with Crippen molar-refractivity contribution in [2.75, 3.05) is 0 Å². The summed E-state index contributed by atoms with van der Waals surface area (Å²) in [6.45, 7) is 3.27. The topological polar surface area (TPSA) is 91.6 Å². The fourth-order valence-corrected chi connectivity index (χ4v) is 1.41. The van der Waals surface area contributed by atoms with Crippen molar-refractivity contribution in [3.8, 4) is 0 Å². The highest BCUT2D eigenvalue weighted by Crippen LogP contribution is 2.05. The summed E-state index contributed by atoms with van der Waals surface area (Å²) in [4.78, 5) is 22.0. The molecule has 2 atom stereocenters. The molecule has 18 heavy (non-hydrogen) atoms. The number of hydrogen-bond acceptors (Lipinski definition) is 3. The van der Waals surface area contributed by atoms with Gasteiger partial charge in [-0.1, -0.05) is 0 Å². The third kappa shape index (κ3) is 4.90. The van der Waals surface area contributed by atoms with Crippen molar-refractivity contribution in [3.63, 3.8) is 0 Å². The molecule has 3 N–H and O–H groups in total. The Morgan fingerprint density at radius 1 is 1.39 bits per heavy atom. The number of rotatable bonds is 6. The smallest absolute Gasteiger partial charge is 0.325 e. The molecule has 0 bridgehead atoms. The Balaban J connectivity index is 2.25. The van der Waals surface area contributed by atoms with E-state index in [4.69, 9.17) is 9.52 Å². The number of carbonyl (C=O) groups excluding carboxylic acids is 1. The number of carboxylic acids is 1. The van der Waals surface area contributed by atoms with Gasteiger partial charge < -0.3 is 20.2 Å². The lowest BCUT2D eigenvalue weighted by molar-refractivity contribution is -0.138. The maximum Gasteiger partial charge on any atom is 0.325 e. The van der Waals surface area contributed by atoms with E-state index in [1.54, 1.807) is 6.26 Å². The van der Waals surface area contributed by atoms with Crippen LogP contribution in [0.15, 0.2) is 22.8 Å². The molecule has 0 spiro atoms. The highest BCUT2D eigenvalue weighted by atomic mass is 16.4. The Labute approximate surface area is 105 Å². The summed E-state index contributed by atoms with van der Waals surface area (Å²) in [5.74, 6) is -0.198. The highest BCUT2D eigenvalue weighted by Gasteiger charge is 2.15. The average molecular weight is 254 g/mol. The quantitative estimate of drug-likeness (QED) is 0.715. The fraction of sp³-hybridized carbons (Fsp3) is 0.500. The zero-order valence-corrected chi connectivity index (χ0v) is 10.5. The molecule has 0 aliphatic carbocycles. The van der Waals surface area contributed by atoms with Crippen LogP contribution in [-0.4, -0.2) is 29.2 Å². The van der Waals surface area contributed by atoms with Gasteiger partial charge >= 0.3 is 12.0 Å². The number of furan rings is 1. The van der Waals surface area contributed by atoms with Crippen LogP contribution < -0.4 is 10.6 Å². The minimum absolute atomic E-state index is 0.0592. The largest absolute Gasteiger partial charge is 0.480 e. The molecule has 0 fully saturated rings. The molecular weight excluding hydrogens is 236 g/mol. The summed E-state index contributed by atoms with van der Waals surface area (Å²) in [5, 5.41) is 13.6. The van der Waals surface area contributed by atoms with E-state index in [1.165, 1.54) is 6.92 Å². The van der Waals surface area contributed by atoms with Gasteiger partial charge in [0, 0.05) is 12.5 Å². The van der Waals surface area contributed by atoms with Crippen molar-refractivity contribution >= 4 is 12.0 Å². The lowest BCUT2D eigenvalue weighted by atomic mass is 10.1. The number of aliphatic carboxylic acids is 1. The van der Waals surface area contributed by atoms with E-state index < -0.39 is 18.0 Å². The predicted octanol–water partition coefficient (Wildman–Crippen LogP) is 1.37. The third-order valence-corrected chi connectivity index (χ3v) is 2.50. The molecule has 0 saturated carbocycles. The Hall–Kier alpha value is -1.98. The molecule has 2 amide bonds. The van der Waals surface area contributed by atoms with E-state index in [9.17, 15) is 9.59 Å². The Bertz CT molecular complexity index is 389. The monoisotopic (exact) mass is 254 g/mol. The zero-order chi connectivity index (χ0) is 13.5. The second kappa shape index (κ2) is 6.68. The number of aryl methyl sites for hydroxylation is 1. The maximum atomic E-state index is 11.4. The summed E-state index contributed by atoms with van der Waals surface area (Å²) in [7, 11) is 0. The number of amides is 2. The lowest BCUT2D eigenvalue weighted by Gasteiger charge is -2.15. The van der Waals surface area contributed by atoms with Gasteiger partial charge in [-0.15, -0.1) is 0 Å². The number of carboxylic acid groups (broad SMARTS) is 1. The average Bonchev–Trinajstić information content (AvgIpc) is 2.78. The molecule has 1 unspecified atom stereocenters. The highest BCUT2D eigenvalue weighted by molar-refractivity contribution is 5.82. The fourth-order valence-electron chi connectivity index (χ4n) is 1.41. The van der Waals surface area contributed by atoms with Crippen molar-refractivity contribution in [2.24, 2.45) is 0 Å². The summed E-state index contributed by atoms with van der Waals surface area (Å²) in [5.41, 5.74) is 0. The number of nitrogens with one attached hydrogen (secondary N) is 2. The van der Waals surface area contributed by atoms with Crippen LogP contribution in [-0.2, 0) is 11.2 Å². The minimum atomic E-state index is -1.06. The number of carbonyl (C=O) groups is 2. The first-order chi connectivity index (χ1) is 8.49. The van der Waals surface area contributed by atoms with Crippen LogP contribution in [0.3, 0.4) is 0 Å². The van der Waals surface area contributed by atoms with E-state index in [0.29, 0.717) is 0 Å². The van der Waals surface area contributed by atoms with E-state index in [2.05, 4.69) is 10.6 Å². The van der Waals surface area contributed by atoms with Gasteiger partial charge in [0.05, 0.1) is 6.26 Å². The number of hydrogen-bond donors (Lipinski definition) is 3. The van der Waals surface area contributed by atoms with E-state index in [1.807, 2.05) is 19.1 Å². The van der Waals surface area contributed by atoms with Gasteiger partial charge in [0.25, 0.3) is 0 Å². The molecular formula is C12H18N2O4. The molecule has 1 aromatic rings. The molecule has 0 aromatic carbocycles. The standard InChI is InChI=1S/C12H18N2O4/c1-8(5-6-10-4-3-7-18-10)13-12(17)14-9(2)11(15)16/h3-4,7-9H,5-6H2,1-2H3,(H,15,16)(H2,13,14,17)/t8?,9-/m1/s1. The van der Waals surface area contributed by atoms with Gasteiger partial charge in [-0.2, -0.15) is 0 Å². The molecule has 1 rings (SSSR count). The first-order valence-electron chi connectivity index (χ1n) is 5.81. The van der Waals surface area contributed by atoms with Crippen LogP contribution in [0.1, 0.15) is 26.0 Å². The Morgan fingerprint density at radius 3 is 2.67 bits per heavy atom. The first kappa shape index (κ1) is 14.1. The van der Waals surface area contributed by atoms with E-state index in [0.717, 1.165) is 18.6 Å². The molecule has 0 radical (unpaired) electrons. The Morgan fingerprint density at radius 2 is 2.11 bits per heavy atom. The summed E-state index contributed by atoms with van der Waals surface area (Å²) in [6.07, 6.45) is 3.06. The van der Waals surface area contributed by atoms with Crippen LogP contribution in [0.25, 0.3) is 0 Å². The van der Waals surface area contributed by atoms with Crippen LogP contribution >= 0.6 is 0 Å². The van der Waals surface area contributed by atoms with Crippen molar-refractivity contribution in [2.45, 2.75) is 38.8 Å². The second-order valence-electron chi connectivity index (χ2n) is 4.20. The van der Waals surface area contributed by atoms with E-state index >= 15 is 0 Å². The first-order valence-corrected chi connectivity index (χ1v) is 5.81. The zero-order valence-electron chi connectivity index (χ0n) is 10.5. The van der Waals surface area contributed by atoms with Gasteiger partial charge in [-0.25, -0.2) is 4.79 Å². The lowest BCUT2D eigenvalue weighted by Crippen LogP contribution is -2.47. The molecule has 6 heteroatoms. The molecule has 0 aliphatic heterocycles. The van der Waals surface area contributed by atoms with Crippen molar-refractivity contribution < 1.29 is 19.1 Å². The molecule has 100 valence electrons. The van der Waals surface area contributed by atoms with Crippen molar-refractivity contribution in [1.82, 2.24) is 10.6 Å². The summed E-state index contributed by atoms with van der Waals surface area (Å²) < 4.78 is 5.18. The third-order valence-electron chi connectivity index (χ3n) is 2.50. The van der Waals surface area contributed by atoms with Crippen LogP contribution in [0, 0.1) is 0 Å². The SMILES string of the molecule is CC(CCc1ccco1)NC(=O)N[C@H](C)C(=O)O. The van der Waals surface area contributed by atoms with Crippen LogP contribution in [0.4, 0.5) is 4.79 Å². The van der Waals surface area contributed by atoms with Gasteiger partial charge in [0.2, 0.25) is 0 Å². The van der Waals surface area contributed by atoms with Crippen LogP contribution in [0.5, 0.6) is 0 Å². The summed E-state index contributed by atoms with van der Waals surface area (Å²) in [6, 6.07) is 2.25. The summed E-state index contributed by atoms with van der Waals surface area (Å²) >= 11 is 0. The molecule has 0 saturated heterocycles. The minimum Gasteiger partial charge on any atom is -0.480 e. The van der Waals surface area contributed by atoms with Gasteiger partial charge in [0.1, 0.15) is 11.8 Å². The van der Waals surface area contributed by atoms with Gasteiger partial charge in [-0.3, -0.25) is 4.79 Å².